The van der Waals surface area contributed by atoms with Gasteiger partial charge < -0.3 is 9.32 Å². The number of furan rings is 1. The van der Waals surface area contributed by atoms with Crippen LogP contribution in [0.25, 0.3) is 0 Å². The Kier molecular flexibility index (Phi) is 6.79. The summed E-state index contributed by atoms with van der Waals surface area (Å²) in [5, 5.41) is -0.661. The molecule has 0 aliphatic carbocycles. The SMILES string of the molecule is Cc1ccccc1CS(=O)(=O)c1ncc(Cl)c(C(=O)N(Cc2ccco2)C2CCS(=O)(=O)C2)n1. The van der Waals surface area contributed by atoms with E-state index >= 15 is 0 Å². The number of halogens is 1. The lowest BCUT2D eigenvalue weighted by Crippen LogP contribution is -2.41. The molecule has 1 unspecified atom stereocenters. The van der Waals surface area contributed by atoms with E-state index in [1.807, 2.05) is 0 Å². The Morgan fingerprint density at radius 2 is 2.00 bits per heavy atom. The molecule has 3 aromatic rings. The predicted octanol–water partition coefficient (Wildman–Crippen LogP) is 2.83. The lowest BCUT2D eigenvalue weighted by atomic mass is 10.1. The number of sulfone groups is 2. The largest absolute Gasteiger partial charge is 0.467 e. The highest BCUT2D eigenvalue weighted by Gasteiger charge is 2.37. The van der Waals surface area contributed by atoms with Crippen LogP contribution in [0, 0.1) is 6.92 Å². The molecule has 0 spiro atoms. The Bertz CT molecular complexity index is 1420. The molecular formula is C22H22ClN3O6S2. The van der Waals surface area contributed by atoms with Gasteiger partial charge in [0.1, 0.15) is 5.76 Å². The van der Waals surface area contributed by atoms with E-state index in [2.05, 4.69) is 9.97 Å². The average molecular weight is 524 g/mol. The van der Waals surface area contributed by atoms with E-state index in [0.717, 1.165) is 11.8 Å². The molecule has 1 saturated heterocycles. The summed E-state index contributed by atoms with van der Waals surface area (Å²) in [6, 6.07) is 9.71. The zero-order valence-electron chi connectivity index (χ0n) is 18.2. The fraction of sp³-hybridized carbons (Fsp3) is 0.318. The van der Waals surface area contributed by atoms with Crippen LogP contribution >= 0.6 is 11.6 Å². The normalized spacial score (nSPS) is 17.5. The first-order valence-electron chi connectivity index (χ1n) is 10.4. The number of aromatic nitrogens is 2. The lowest BCUT2D eigenvalue weighted by molar-refractivity contribution is 0.0659. The second kappa shape index (κ2) is 9.47. The van der Waals surface area contributed by atoms with Crippen LogP contribution in [-0.2, 0) is 32.0 Å². The predicted molar refractivity (Wildman–Crippen MR) is 125 cm³/mol. The molecule has 1 aliphatic rings. The molecule has 1 fully saturated rings. The van der Waals surface area contributed by atoms with Gasteiger partial charge in [0.25, 0.3) is 5.91 Å². The third-order valence-corrected chi connectivity index (χ3v) is 9.10. The van der Waals surface area contributed by atoms with Crippen molar-refractivity contribution in [1.29, 1.82) is 0 Å². The quantitative estimate of drug-likeness (QED) is 0.432. The standard InChI is InChI=1S/C22H22ClN3O6S2/c1-15-5-2-3-6-16(15)13-34(30,31)22-24-11-19(23)20(25-22)21(27)26(12-18-7-4-9-32-18)17-8-10-33(28,29)14-17/h2-7,9,11,17H,8,10,12-14H2,1H3. The number of benzene rings is 1. The Labute approximate surface area is 202 Å². The van der Waals surface area contributed by atoms with E-state index in [1.54, 1.807) is 43.3 Å². The summed E-state index contributed by atoms with van der Waals surface area (Å²) in [4.78, 5) is 22.7. The summed E-state index contributed by atoms with van der Waals surface area (Å²) in [7, 11) is -7.29. The van der Waals surface area contributed by atoms with E-state index in [9.17, 15) is 21.6 Å². The smallest absolute Gasteiger partial charge is 0.274 e. The number of aryl methyl sites for hydroxylation is 1. The van der Waals surface area contributed by atoms with Crippen molar-refractivity contribution in [2.45, 2.75) is 36.8 Å². The highest BCUT2D eigenvalue weighted by molar-refractivity contribution is 7.91. The molecule has 0 radical (unpaired) electrons. The Morgan fingerprint density at radius 3 is 2.65 bits per heavy atom. The van der Waals surface area contributed by atoms with Crippen molar-refractivity contribution in [1.82, 2.24) is 14.9 Å². The van der Waals surface area contributed by atoms with E-state index in [1.165, 1.54) is 11.2 Å². The zero-order valence-corrected chi connectivity index (χ0v) is 20.6. The van der Waals surface area contributed by atoms with Gasteiger partial charge in [-0.3, -0.25) is 4.79 Å². The number of carbonyl (C=O) groups excluding carboxylic acids is 1. The van der Waals surface area contributed by atoms with Crippen LogP contribution in [0.5, 0.6) is 0 Å². The first-order valence-corrected chi connectivity index (χ1v) is 14.2. The first kappa shape index (κ1) is 24.4. The van der Waals surface area contributed by atoms with Gasteiger partial charge >= 0.3 is 0 Å². The van der Waals surface area contributed by atoms with E-state index in [0.29, 0.717) is 11.3 Å². The van der Waals surface area contributed by atoms with Crippen molar-refractivity contribution in [3.63, 3.8) is 0 Å². The van der Waals surface area contributed by atoms with Crippen LogP contribution in [0.4, 0.5) is 0 Å². The summed E-state index contributed by atoms with van der Waals surface area (Å²) in [5.74, 6) is -0.854. The third kappa shape index (κ3) is 5.31. The molecule has 1 amide bonds. The summed E-state index contributed by atoms with van der Waals surface area (Å²) in [5.41, 5.74) is 1.07. The molecule has 0 N–H and O–H groups in total. The van der Waals surface area contributed by atoms with E-state index in [-0.39, 0.29) is 40.9 Å². The van der Waals surface area contributed by atoms with E-state index < -0.39 is 36.8 Å². The van der Waals surface area contributed by atoms with Crippen molar-refractivity contribution in [3.05, 3.63) is 76.5 Å². The highest BCUT2D eigenvalue weighted by Crippen LogP contribution is 2.25. The molecule has 0 saturated carbocycles. The number of hydrogen-bond donors (Lipinski definition) is 0. The first-order chi connectivity index (χ1) is 16.1. The molecule has 180 valence electrons. The molecular weight excluding hydrogens is 502 g/mol. The molecule has 34 heavy (non-hydrogen) atoms. The second-order valence-corrected chi connectivity index (χ2v) is 12.6. The lowest BCUT2D eigenvalue weighted by Gasteiger charge is -2.27. The average Bonchev–Trinajstić information content (AvgIpc) is 3.42. The van der Waals surface area contributed by atoms with Gasteiger partial charge in [0.15, 0.2) is 15.5 Å². The summed E-state index contributed by atoms with van der Waals surface area (Å²) in [6.07, 6.45) is 2.76. The minimum atomic E-state index is -3.99. The number of rotatable bonds is 7. The number of nitrogens with zero attached hydrogens (tertiary/aromatic N) is 3. The minimum Gasteiger partial charge on any atom is -0.467 e. The minimum absolute atomic E-state index is 0.0162. The molecule has 9 nitrogen and oxygen atoms in total. The Balaban J connectivity index is 1.68. The Morgan fingerprint density at radius 1 is 1.24 bits per heavy atom. The second-order valence-electron chi connectivity index (χ2n) is 8.10. The van der Waals surface area contributed by atoms with Gasteiger partial charge in [-0.15, -0.1) is 0 Å². The fourth-order valence-electron chi connectivity index (χ4n) is 3.79. The maximum atomic E-state index is 13.5. The van der Waals surface area contributed by atoms with Crippen LogP contribution in [0.2, 0.25) is 5.02 Å². The van der Waals surface area contributed by atoms with Crippen molar-refractivity contribution in [2.24, 2.45) is 0 Å². The number of carbonyl (C=O) groups is 1. The van der Waals surface area contributed by atoms with Gasteiger partial charge in [-0.2, -0.15) is 0 Å². The van der Waals surface area contributed by atoms with Gasteiger partial charge in [0.05, 0.1) is 41.3 Å². The van der Waals surface area contributed by atoms with Crippen molar-refractivity contribution >= 4 is 37.2 Å². The zero-order chi connectivity index (χ0) is 24.5. The molecule has 2 aromatic heterocycles. The molecule has 3 heterocycles. The fourth-order valence-corrected chi connectivity index (χ4v) is 7.00. The van der Waals surface area contributed by atoms with Crippen molar-refractivity contribution in [3.8, 4) is 0 Å². The van der Waals surface area contributed by atoms with Gasteiger partial charge in [0.2, 0.25) is 15.0 Å². The van der Waals surface area contributed by atoms with Crippen LogP contribution in [0.15, 0.2) is 58.4 Å². The molecule has 12 heteroatoms. The molecule has 4 rings (SSSR count). The van der Waals surface area contributed by atoms with Gasteiger partial charge in [0, 0.05) is 6.04 Å². The number of hydrogen-bond acceptors (Lipinski definition) is 8. The van der Waals surface area contributed by atoms with Gasteiger partial charge in [-0.1, -0.05) is 35.9 Å². The van der Waals surface area contributed by atoms with Crippen LogP contribution in [-0.4, -0.2) is 55.2 Å². The summed E-state index contributed by atoms with van der Waals surface area (Å²) >= 11 is 6.21. The molecule has 1 aromatic carbocycles. The summed E-state index contributed by atoms with van der Waals surface area (Å²) < 4.78 is 55.5. The molecule has 1 aliphatic heterocycles. The van der Waals surface area contributed by atoms with E-state index in [4.69, 9.17) is 16.0 Å². The number of amides is 1. The van der Waals surface area contributed by atoms with Gasteiger partial charge in [-0.05, 0) is 36.6 Å². The third-order valence-electron chi connectivity index (χ3n) is 5.63. The maximum absolute atomic E-state index is 13.5. The van der Waals surface area contributed by atoms with Crippen LogP contribution < -0.4 is 0 Å². The Hall–Kier alpha value is -2.76. The molecule has 1 atom stereocenters. The van der Waals surface area contributed by atoms with Gasteiger partial charge in [-0.25, -0.2) is 26.8 Å². The topological polar surface area (TPSA) is 128 Å². The van der Waals surface area contributed by atoms with Crippen LogP contribution in [0.1, 0.15) is 33.8 Å². The van der Waals surface area contributed by atoms with Crippen LogP contribution in [0.3, 0.4) is 0 Å². The summed E-state index contributed by atoms with van der Waals surface area (Å²) in [6.45, 7) is 1.78. The van der Waals surface area contributed by atoms with Crippen molar-refractivity contribution < 1.29 is 26.0 Å². The molecule has 0 bridgehead atoms. The van der Waals surface area contributed by atoms with Crippen molar-refractivity contribution in [2.75, 3.05) is 11.5 Å². The maximum Gasteiger partial charge on any atom is 0.274 e. The monoisotopic (exact) mass is 523 g/mol. The highest BCUT2D eigenvalue weighted by atomic mass is 35.5.